The van der Waals surface area contributed by atoms with E-state index in [1.165, 1.54) is 26.8 Å². The molecule has 0 saturated heterocycles. The lowest BCUT2D eigenvalue weighted by Crippen LogP contribution is -2.68. The molecule has 2 heterocycles. The number of sulfonamides is 1. The zero-order chi connectivity index (χ0) is 72.7. The number of esters is 11. The quantitative estimate of drug-likeness (QED) is 0.0622. The molecule has 14 atom stereocenters. The minimum Gasteiger partial charge on any atom is -0.450 e. The Kier molecular flexibility index (Phi) is 28.7. The van der Waals surface area contributed by atoms with Crippen LogP contribution in [0.25, 0.3) is 0 Å². The van der Waals surface area contributed by atoms with Crippen LogP contribution in [0.3, 0.4) is 0 Å². The predicted octanol–water partition coefficient (Wildman–Crippen LogP) is 2.63. The van der Waals surface area contributed by atoms with Crippen LogP contribution in [0.15, 0.2) is 80.8 Å². The summed E-state index contributed by atoms with van der Waals surface area (Å²) >= 11 is 0.467. The number of ether oxygens (including phenoxy) is 11. The molecule has 4 rings (SSSR count). The van der Waals surface area contributed by atoms with Crippen molar-refractivity contribution in [2.75, 3.05) is 6.54 Å². The third-order valence-electron chi connectivity index (χ3n) is 14.4. The molecule has 0 fully saturated rings. The molecule has 0 unspecified atom stereocenters. The minimum atomic E-state index is -4.70. The first kappa shape index (κ1) is 80.4. The van der Waals surface area contributed by atoms with Crippen molar-refractivity contribution in [3.05, 3.63) is 80.8 Å². The fraction of sp³-hybridized carbons (Fsp3) is 0.548. The van der Waals surface area contributed by atoms with Gasteiger partial charge in [-0.15, -0.1) is 0 Å². The Morgan fingerprint density at radius 3 is 1.02 bits per heavy atom. The molecule has 96 heavy (non-hydrogen) atoms. The molecule has 0 spiro atoms. The Morgan fingerprint density at radius 2 is 0.750 bits per heavy atom. The van der Waals surface area contributed by atoms with Gasteiger partial charge in [0.1, 0.15) is 14.6 Å². The maximum Gasteiger partial charge on any atom is 0.347 e. The number of nitrogens with one attached hydrogen (secondary N) is 2. The van der Waals surface area contributed by atoms with Gasteiger partial charge < -0.3 is 61.8 Å². The zero-order valence-corrected chi connectivity index (χ0v) is 59.5. The molecule has 2 aliphatic heterocycles. The van der Waals surface area contributed by atoms with Gasteiger partial charge in [0.05, 0.1) is 11.3 Å². The highest BCUT2D eigenvalue weighted by Crippen LogP contribution is 2.48. The number of sulfone groups is 1. The molecule has 530 valence electrons. The van der Waals surface area contributed by atoms with E-state index in [0.717, 1.165) is 79.6 Å². The van der Waals surface area contributed by atoms with Crippen LogP contribution in [0, 0.1) is 0 Å². The average Bonchev–Trinajstić information content (AvgIpc) is 1.47. The van der Waals surface area contributed by atoms with Crippen molar-refractivity contribution in [2.24, 2.45) is 0 Å². The van der Waals surface area contributed by atoms with Crippen LogP contribution < -0.4 is 20.4 Å². The van der Waals surface area contributed by atoms with E-state index in [2.05, 4.69) is 5.32 Å². The molecule has 0 aliphatic carbocycles. The molecule has 30 nitrogen and oxygen atoms in total. The van der Waals surface area contributed by atoms with Gasteiger partial charge in [-0.2, -0.15) is 0 Å². The molecular weight excluding hydrogens is 1340 g/mol. The molecule has 2 aromatic carbocycles. The van der Waals surface area contributed by atoms with E-state index in [-0.39, 0.29) is 10.7 Å². The fourth-order valence-corrected chi connectivity index (χ4v) is 18.7. The number of likely N-dealkylation sites (N-methyl/N-ethyl adjacent to an activating group) is 1. The Labute approximate surface area is 561 Å². The molecule has 2 aromatic rings. The topological polar surface area (TPSA) is 408 Å². The van der Waals surface area contributed by atoms with E-state index < -0.39 is 194 Å². The van der Waals surface area contributed by atoms with Crippen molar-refractivity contribution >= 4 is 122 Å². The van der Waals surface area contributed by atoms with Gasteiger partial charge in [-0.25, -0.2) is 74.3 Å². The van der Waals surface area contributed by atoms with Gasteiger partial charge in [0.25, 0.3) is 24.2 Å². The van der Waals surface area contributed by atoms with Crippen molar-refractivity contribution in [2.45, 2.75) is 214 Å². The van der Waals surface area contributed by atoms with E-state index >= 15 is 0 Å². The second kappa shape index (κ2) is 34.2. The van der Waals surface area contributed by atoms with Crippen LogP contribution in [0.4, 0.5) is 0 Å². The summed E-state index contributed by atoms with van der Waals surface area (Å²) in [6.45, 7) is 22.7. The first-order valence-corrected chi connectivity index (χ1v) is 36.0. The zero-order valence-electron chi connectivity index (χ0n) is 56.0. The molecule has 0 radical (unpaired) electrons. The Morgan fingerprint density at radius 1 is 0.479 bits per heavy atom. The molecule has 2 aliphatic rings. The smallest absolute Gasteiger partial charge is 0.347 e. The summed E-state index contributed by atoms with van der Waals surface area (Å²) in [5.41, 5.74) is 0.491. The first-order chi connectivity index (χ1) is 44.5. The standard InChI is InChI=1S/C62H82N2O28S3Si/c1-18-63-47-30-48(93-61-46(47)29-31(2)94(61,77)78)95(79,80)64-49(65)32(3)81-50(66)33(4)82-51(67)34(5)83-52(68)35(6)84-53(69)36(7)85-54(70)37(8)86-55(71)38(9)87-56(72)39(10)88-57(73)40(11)89-58(74)41(12)90-59(75)42(13)91-60(76)43(14)92-96(62(15,16)17,44-25-21-19-22-26-44)45-27-23-20-24-28-45/h19-28,30-43,47,63H,18,29H2,1-17H3,(H,64,65)/t31-,32-,33-,34-,35-,36-,37-,38-,39-,40-,41-,42-,43-,47-/m0/s1. The number of benzene rings is 2. The Balaban J connectivity index is 1.16. The summed E-state index contributed by atoms with van der Waals surface area (Å²) in [5, 5.41) is 3.52. The SMILES string of the molecule is CCN[C@H]1C=C(S(=O)(=O)NC(=O)[C@H](C)OC(=O)[C@H](C)OC(=O)[C@H](C)OC(=O)[C@H](C)OC(=O)[C@H](C)OC(=O)[C@H](C)OC(=O)[C@H](C)OC(=O)[C@H](C)OC(=O)[C@H](C)OC(=O)[C@H](C)OC(=O)[C@H](C)OC(=O)[C@H](C)O[Si](c2ccccc2)(c2ccccc2)C(C)(C)C)SC2=C1C[C@H](C)S2(=O)=O. The predicted molar refractivity (Wildman–Crippen MR) is 339 cm³/mol. The number of carbonyl (C=O) groups excluding carboxylic acids is 12. The summed E-state index contributed by atoms with van der Waals surface area (Å²) < 4.78 is 116. The van der Waals surface area contributed by atoms with Crippen molar-refractivity contribution in [3.63, 3.8) is 0 Å². The summed E-state index contributed by atoms with van der Waals surface area (Å²) in [4.78, 5) is 155. The number of hydrogen-bond donors (Lipinski definition) is 2. The molecule has 2 N–H and O–H groups in total. The van der Waals surface area contributed by atoms with Crippen LogP contribution in [0.2, 0.25) is 5.04 Å². The second-order valence-electron chi connectivity index (χ2n) is 23.3. The van der Waals surface area contributed by atoms with Crippen molar-refractivity contribution < 1.29 is 131 Å². The van der Waals surface area contributed by atoms with E-state index in [4.69, 9.17) is 56.5 Å². The number of hydrogen-bond acceptors (Lipinski definition) is 30. The lowest BCUT2D eigenvalue weighted by atomic mass is 10.0. The van der Waals surface area contributed by atoms with Crippen molar-refractivity contribution in [1.29, 1.82) is 0 Å². The summed E-state index contributed by atoms with van der Waals surface area (Å²) in [7, 11) is -11.8. The lowest BCUT2D eigenvalue weighted by Gasteiger charge is -2.44. The maximum absolute atomic E-state index is 13.5. The largest absolute Gasteiger partial charge is 0.450 e. The van der Waals surface area contributed by atoms with Gasteiger partial charge in [0.15, 0.2) is 77.0 Å². The minimum absolute atomic E-state index is 0.139. The summed E-state index contributed by atoms with van der Waals surface area (Å²) in [6, 6.07) is 18.2. The van der Waals surface area contributed by atoms with Gasteiger partial charge in [-0.3, -0.25) is 4.79 Å². The number of thioether (sulfide) groups is 1. The van der Waals surface area contributed by atoms with Gasteiger partial charge in [-0.1, -0.05) is 100 Å². The highest BCUT2D eigenvalue weighted by Gasteiger charge is 2.52. The Hall–Kier alpha value is -8.05. The third-order valence-corrected chi connectivity index (χ3v) is 25.3. The van der Waals surface area contributed by atoms with Crippen LogP contribution >= 0.6 is 11.8 Å². The number of rotatable bonds is 31. The van der Waals surface area contributed by atoms with Gasteiger partial charge >= 0.3 is 65.7 Å². The first-order valence-electron chi connectivity index (χ1n) is 30.2. The Bertz CT molecular complexity index is 3500. The van der Waals surface area contributed by atoms with E-state index in [9.17, 15) is 74.4 Å². The lowest BCUT2D eigenvalue weighted by molar-refractivity contribution is -0.190. The maximum atomic E-state index is 13.5. The second-order valence-corrected chi connectivity index (χ2v) is 33.0. The van der Waals surface area contributed by atoms with Gasteiger partial charge in [0, 0.05) is 0 Å². The van der Waals surface area contributed by atoms with Crippen LogP contribution in [-0.2, 0) is 134 Å². The highest BCUT2D eigenvalue weighted by atomic mass is 32.3. The molecule has 34 heteroatoms. The molecule has 0 saturated carbocycles. The average molecular weight is 1430 g/mol. The van der Waals surface area contributed by atoms with Crippen LogP contribution in [0.1, 0.15) is 124 Å². The fourth-order valence-electron chi connectivity index (χ4n) is 8.93. The normalized spacial score (nSPS) is 19.0. The third kappa shape index (κ3) is 21.0. The number of carbonyl (C=O) groups is 12. The molecular formula is C62H82N2O28S3Si. The van der Waals surface area contributed by atoms with E-state index in [1.807, 2.05) is 81.4 Å². The monoisotopic (exact) mass is 1430 g/mol. The summed E-state index contributed by atoms with van der Waals surface area (Å²) in [5.74, 6) is -15.2. The highest BCUT2D eigenvalue weighted by molar-refractivity contribution is 8.28. The van der Waals surface area contributed by atoms with E-state index in [0.29, 0.717) is 23.9 Å². The summed E-state index contributed by atoms with van der Waals surface area (Å²) in [6.07, 6.45) is -18.7. The van der Waals surface area contributed by atoms with Crippen molar-refractivity contribution in [3.8, 4) is 0 Å². The van der Waals surface area contributed by atoms with Gasteiger partial charge in [0.2, 0.25) is 0 Å². The van der Waals surface area contributed by atoms with Crippen LogP contribution in [0.5, 0.6) is 0 Å². The van der Waals surface area contributed by atoms with Crippen LogP contribution in [-0.4, -0.2) is 188 Å². The molecule has 0 bridgehead atoms. The number of amides is 1. The van der Waals surface area contributed by atoms with Gasteiger partial charge in [-0.05, 0) is 130 Å². The van der Waals surface area contributed by atoms with E-state index in [1.54, 1.807) is 11.6 Å². The molecule has 1 amide bonds. The molecule has 0 aromatic heterocycles. The van der Waals surface area contributed by atoms with Crippen molar-refractivity contribution in [1.82, 2.24) is 10.0 Å².